The molecule has 0 aliphatic rings. The normalized spacial score (nSPS) is 11.7. The van der Waals surface area contributed by atoms with E-state index in [-0.39, 0.29) is 22.3 Å². The number of rotatable bonds is 4. The average Bonchev–Trinajstić information content (AvgIpc) is 2.76. The highest BCUT2D eigenvalue weighted by Gasteiger charge is 2.16. The summed E-state index contributed by atoms with van der Waals surface area (Å²) in [5.74, 6) is 0.0962. The number of aryl methyl sites for hydroxylation is 1. The number of anilines is 1. The van der Waals surface area contributed by atoms with Gasteiger partial charge in [0.2, 0.25) is 10.0 Å². The van der Waals surface area contributed by atoms with Crippen molar-refractivity contribution in [1.82, 2.24) is 14.7 Å². The van der Waals surface area contributed by atoms with Gasteiger partial charge >= 0.3 is 0 Å². The highest BCUT2D eigenvalue weighted by Crippen LogP contribution is 2.20. The third-order valence-corrected chi connectivity index (χ3v) is 5.03. The summed E-state index contributed by atoms with van der Waals surface area (Å²) in [6.45, 7) is 2.00. The van der Waals surface area contributed by atoms with E-state index in [1.807, 2.05) is 6.92 Å². The van der Waals surface area contributed by atoms with Crippen LogP contribution < -0.4 is 10.5 Å². The summed E-state index contributed by atoms with van der Waals surface area (Å²) in [6.07, 6.45) is 1.17. The van der Waals surface area contributed by atoms with Crippen LogP contribution >= 0.6 is 22.9 Å². The van der Waals surface area contributed by atoms with Crippen molar-refractivity contribution < 1.29 is 8.42 Å². The van der Waals surface area contributed by atoms with Crippen LogP contribution in [0.1, 0.15) is 10.6 Å². The van der Waals surface area contributed by atoms with Gasteiger partial charge in [0, 0.05) is 17.6 Å². The molecule has 102 valence electrons. The topological polar surface area (TPSA) is 98.0 Å². The number of hydrogen-bond acceptors (Lipinski definition) is 6. The maximum atomic E-state index is 12.0. The SMILES string of the molecule is Cc1ncsc1CNS(=O)(=O)c1cnc(N)c(Cl)c1. The van der Waals surface area contributed by atoms with Crippen LogP contribution in [0.3, 0.4) is 0 Å². The molecule has 0 amide bonds. The van der Waals surface area contributed by atoms with Crippen molar-refractivity contribution in [2.45, 2.75) is 18.4 Å². The lowest BCUT2D eigenvalue weighted by Crippen LogP contribution is -2.23. The summed E-state index contributed by atoms with van der Waals surface area (Å²) in [6, 6.07) is 1.27. The molecule has 0 spiro atoms. The van der Waals surface area contributed by atoms with Crippen LogP contribution in [0.2, 0.25) is 5.02 Å². The second-order valence-corrected chi connectivity index (χ2v) is 6.84. The molecule has 2 heterocycles. The minimum atomic E-state index is -3.67. The molecule has 9 heteroatoms. The molecule has 3 N–H and O–H groups in total. The lowest BCUT2D eigenvalue weighted by atomic mass is 10.4. The van der Waals surface area contributed by atoms with E-state index in [0.29, 0.717) is 0 Å². The van der Waals surface area contributed by atoms with Gasteiger partial charge in [-0.1, -0.05) is 11.6 Å². The number of thiazole rings is 1. The van der Waals surface area contributed by atoms with Gasteiger partial charge < -0.3 is 5.73 Å². The van der Waals surface area contributed by atoms with E-state index in [9.17, 15) is 8.42 Å². The highest BCUT2D eigenvalue weighted by atomic mass is 35.5. The number of nitrogens with two attached hydrogens (primary N) is 1. The molecule has 2 aromatic rings. The third kappa shape index (κ3) is 3.21. The zero-order chi connectivity index (χ0) is 14.0. The quantitative estimate of drug-likeness (QED) is 0.891. The van der Waals surface area contributed by atoms with Crippen LogP contribution in [0.15, 0.2) is 22.7 Å². The van der Waals surface area contributed by atoms with E-state index in [1.165, 1.54) is 23.6 Å². The number of halogens is 1. The van der Waals surface area contributed by atoms with Crippen LogP contribution in [-0.4, -0.2) is 18.4 Å². The fourth-order valence-corrected chi connectivity index (χ4v) is 3.32. The Hall–Kier alpha value is -1.22. The zero-order valence-corrected chi connectivity index (χ0v) is 12.3. The maximum absolute atomic E-state index is 12.0. The maximum Gasteiger partial charge on any atom is 0.242 e. The van der Waals surface area contributed by atoms with E-state index in [4.69, 9.17) is 17.3 Å². The van der Waals surface area contributed by atoms with E-state index in [1.54, 1.807) is 5.51 Å². The minimum absolute atomic E-state index is 0.0196. The Morgan fingerprint density at radius 3 is 2.79 bits per heavy atom. The van der Waals surface area contributed by atoms with Gasteiger partial charge in [-0.25, -0.2) is 23.1 Å². The van der Waals surface area contributed by atoms with Crippen LogP contribution in [0.5, 0.6) is 0 Å². The van der Waals surface area contributed by atoms with Crippen LogP contribution in [-0.2, 0) is 16.6 Å². The van der Waals surface area contributed by atoms with Crippen LogP contribution in [0.25, 0.3) is 0 Å². The van der Waals surface area contributed by atoms with Crippen molar-refractivity contribution >= 4 is 38.8 Å². The molecule has 6 nitrogen and oxygen atoms in total. The van der Waals surface area contributed by atoms with Crippen LogP contribution in [0.4, 0.5) is 5.82 Å². The first-order chi connectivity index (χ1) is 8.90. The lowest BCUT2D eigenvalue weighted by Gasteiger charge is -2.06. The standard InChI is InChI=1S/C10H11ClN4O2S2/c1-6-9(18-5-14-6)4-15-19(16,17)7-2-8(11)10(12)13-3-7/h2-3,5,15H,4H2,1H3,(H2,12,13). The molecule has 0 bridgehead atoms. The Labute approximate surface area is 119 Å². The number of sulfonamides is 1. The smallest absolute Gasteiger partial charge is 0.242 e. The number of hydrogen-bond donors (Lipinski definition) is 2. The fourth-order valence-electron chi connectivity index (χ4n) is 1.32. The van der Waals surface area contributed by atoms with E-state index >= 15 is 0 Å². The Morgan fingerprint density at radius 2 is 2.21 bits per heavy atom. The second kappa shape index (κ2) is 5.41. The molecule has 0 unspecified atom stereocenters. The van der Waals surface area contributed by atoms with Gasteiger partial charge in [0.05, 0.1) is 16.2 Å². The average molecular weight is 319 g/mol. The molecule has 2 rings (SSSR count). The minimum Gasteiger partial charge on any atom is -0.382 e. The second-order valence-electron chi connectivity index (χ2n) is 3.72. The third-order valence-electron chi connectivity index (χ3n) is 2.42. The monoisotopic (exact) mass is 318 g/mol. The van der Waals surface area contributed by atoms with E-state index in [0.717, 1.165) is 10.6 Å². The van der Waals surface area contributed by atoms with Crippen molar-refractivity contribution in [1.29, 1.82) is 0 Å². The summed E-state index contributed by atoms with van der Waals surface area (Å²) in [5, 5.41) is 0.108. The zero-order valence-electron chi connectivity index (χ0n) is 9.92. The highest BCUT2D eigenvalue weighted by molar-refractivity contribution is 7.89. The molecule has 2 aromatic heterocycles. The van der Waals surface area contributed by atoms with Gasteiger partial charge in [-0.2, -0.15) is 0 Å². The number of nitrogens with one attached hydrogen (secondary N) is 1. The van der Waals surface area contributed by atoms with E-state index < -0.39 is 10.0 Å². The largest absolute Gasteiger partial charge is 0.382 e. The molecule has 0 fully saturated rings. The summed E-state index contributed by atoms with van der Waals surface area (Å²) in [5.41, 5.74) is 7.91. The summed E-state index contributed by atoms with van der Waals surface area (Å²) in [7, 11) is -3.67. The molecular formula is C10H11ClN4O2S2. The molecule has 0 aliphatic heterocycles. The molecule has 0 radical (unpaired) electrons. The van der Waals surface area contributed by atoms with Gasteiger partial charge in [0.1, 0.15) is 10.7 Å². The Kier molecular flexibility index (Phi) is 4.04. The van der Waals surface area contributed by atoms with Gasteiger partial charge in [0.15, 0.2) is 0 Å². The summed E-state index contributed by atoms with van der Waals surface area (Å²) < 4.78 is 26.5. The first kappa shape index (κ1) is 14.2. The Bertz CT molecular complexity index is 699. The molecule has 0 aliphatic carbocycles. The fraction of sp³-hybridized carbons (Fsp3) is 0.200. The lowest BCUT2D eigenvalue weighted by molar-refractivity contribution is 0.581. The molecular weight excluding hydrogens is 308 g/mol. The van der Waals surface area contributed by atoms with Gasteiger partial charge in [-0.3, -0.25) is 0 Å². The number of pyridine rings is 1. The summed E-state index contributed by atoms with van der Waals surface area (Å²) >= 11 is 7.15. The first-order valence-corrected chi connectivity index (χ1v) is 7.94. The van der Waals surface area contributed by atoms with Gasteiger partial charge in [-0.05, 0) is 13.0 Å². The molecule has 19 heavy (non-hydrogen) atoms. The molecule has 0 atom stereocenters. The predicted octanol–water partition coefficient (Wildman–Crippen LogP) is 1.56. The Morgan fingerprint density at radius 1 is 1.47 bits per heavy atom. The van der Waals surface area contributed by atoms with Crippen molar-refractivity contribution in [2.75, 3.05) is 5.73 Å². The predicted molar refractivity (Wildman–Crippen MR) is 74.5 cm³/mol. The van der Waals surface area contributed by atoms with Crippen molar-refractivity contribution in [2.24, 2.45) is 0 Å². The van der Waals surface area contributed by atoms with Gasteiger partial charge in [0.25, 0.3) is 0 Å². The number of nitrogen functional groups attached to an aromatic ring is 1. The van der Waals surface area contributed by atoms with Crippen LogP contribution in [0, 0.1) is 6.92 Å². The van der Waals surface area contributed by atoms with Crippen molar-refractivity contribution in [3.05, 3.63) is 33.4 Å². The molecule has 0 saturated carbocycles. The van der Waals surface area contributed by atoms with Gasteiger partial charge in [-0.15, -0.1) is 11.3 Å². The molecule has 0 aromatic carbocycles. The van der Waals surface area contributed by atoms with Crippen molar-refractivity contribution in [3.8, 4) is 0 Å². The molecule has 0 saturated heterocycles. The number of nitrogens with zero attached hydrogens (tertiary/aromatic N) is 2. The van der Waals surface area contributed by atoms with Crippen molar-refractivity contribution in [3.63, 3.8) is 0 Å². The van der Waals surface area contributed by atoms with E-state index in [2.05, 4.69) is 14.7 Å². The number of aromatic nitrogens is 2. The first-order valence-electron chi connectivity index (χ1n) is 5.20. The summed E-state index contributed by atoms with van der Waals surface area (Å²) in [4.78, 5) is 8.61. The Balaban J connectivity index is 2.18.